The minimum absolute atomic E-state index is 0. The van der Waals surface area contributed by atoms with Gasteiger partial charge in [0.1, 0.15) is 8.96 Å². The molecule has 0 fully saturated rings. The molecule has 0 bridgehead atoms. The SMILES string of the molecule is C[Si](C)N.O. The van der Waals surface area contributed by atoms with Gasteiger partial charge in [0.15, 0.2) is 0 Å². The highest BCUT2D eigenvalue weighted by atomic mass is 28.3. The highest BCUT2D eigenvalue weighted by Gasteiger charge is 1.73. The van der Waals surface area contributed by atoms with Crippen LogP contribution in [-0.4, -0.2) is 14.4 Å². The van der Waals surface area contributed by atoms with Crippen molar-refractivity contribution in [2.45, 2.75) is 13.1 Å². The van der Waals surface area contributed by atoms with Crippen molar-refractivity contribution in [2.75, 3.05) is 0 Å². The molecule has 0 rings (SSSR count). The van der Waals surface area contributed by atoms with Gasteiger partial charge in [0, 0.05) is 0 Å². The third-order valence-corrected chi connectivity index (χ3v) is 0. The molecular weight excluding hydrogens is 82.1 g/mol. The summed E-state index contributed by atoms with van der Waals surface area (Å²) in [6.45, 7) is 4.09. The molecule has 0 aromatic carbocycles. The van der Waals surface area contributed by atoms with Crippen molar-refractivity contribution in [3.8, 4) is 0 Å². The molecule has 5 heavy (non-hydrogen) atoms. The Kier molecular flexibility index (Phi) is 7.39. The first-order valence-electron chi connectivity index (χ1n) is 1.29. The van der Waals surface area contributed by atoms with Crippen LogP contribution < -0.4 is 5.40 Å². The van der Waals surface area contributed by atoms with Gasteiger partial charge in [-0.1, -0.05) is 13.1 Å². The van der Waals surface area contributed by atoms with Crippen molar-refractivity contribution in [3.05, 3.63) is 0 Å². The quantitative estimate of drug-likeness (QED) is 0.397. The Morgan fingerprint density at radius 1 is 1.40 bits per heavy atom. The zero-order valence-electron chi connectivity index (χ0n) is 3.58. The normalized spacial score (nSPS) is 7.20. The lowest BCUT2D eigenvalue weighted by atomic mass is 11.9. The van der Waals surface area contributed by atoms with E-state index < -0.39 is 0 Å². The van der Waals surface area contributed by atoms with Crippen LogP contribution in [0.3, 0.4) is 0 Å². The molecule has 0 aliphatic heterocycles. The average molecular weight is 92.2 g/mol. The van der Waals surface area contributed by atoms with E-state index in [0.717, 1.165) is 0 Å². The maximum Gasteiger partial charge on any atom is 0.124 e. The second-order valence-electron chi connectivity index (χ2n) is 1.08. The largest absolute Gasteiger partial charge is 0.412 e. The van der Waals surface area contributed by atoms with Crippen molar-refractivity contribution in [3.63, 3.8) is 0 Å². The standard InChI is InChI=1S/C2H8NSi.H2O/c1-4(2)3;/h3H2,1-2H3;1H2. The maximum absolute atomic E-state index is 5.21. The van der Waals surface area contributed by atoms with Crippen LogP contribution in [0.1, 0.15) is 0 Å². The predicted molar refractivity (Wildman–Crippen MR) is 25.3 cm³/mol. The molecule has 3 heteroatoms. The van der Waals surface area contributed by atoms with Gasteiger partial charge < -0.3 is 10.9 Å². The zero-order valence-corrected chi connectivity index (χ0v) is 4.58. The Morgan fingerprint density at radius 3 is 1.40 bits per heavy atom. The summed E-state index contributed by atoms with van der Waals surface area (Å²) >= 11 is 0. The molecule has 0 aromatic rings. The van der Waals surface area contributed by atoms with Gasteiger partial charge in [-0.25, -0.2) is 0 Å². The summed E-state index contributed by atoms with van der Waals surface area (Å²) < 4.78 is 0. The van der Waals surface area contributed by atoms with Crippen LogP contribution in [0.15, 0.2) is 0 Å². The number of rotatable bonds is 0. The fourth-order valence-corrected chi connectivity index (χ4v) is 0. The van der Waals surface area contributed by atoms with Gasteiger partial charge in [-0.15, -0.1) is 0 Å². The summed E-state index contributed by atoms with van der Waals surface area (Å²) in [6, 6.07) is 0. The summed E-state index contributed by atoms with van der Waals surface area (Å²) in [5.74, 6) is 0. The molecule has 0 heterocycles. The highest BCUT2D eigenvalue weighted by molar-refractivity contribution is 6.51. The first-order chi connectivity index (χ1) is 1.73. The topological polar surface area (TPSA) is 57.5 Å². The van der Waals surface area contributed by atoms with E-state index in [9.17, 15) is 0 Å². The summed E-state index contributed by atoms with van der Waals surface area (Å²) in [6.07, 6.45) is 0. The molecule has 0 aliphatic rings. The van der Waals surface area contributed by atoms with Crippen LogP contribution in [0, 0.1) is 0 Å². The van der Waals surface area contributed by atoms with Gasteiger partial charge in [0.2, 0.25) is 0 Å². The van der Waals surface area contributed by atoms with Crippen molar-refractivity contribution in [1.82, 2.24) is 0 Å². The Morgan fingerprint density at radius 2 is 1.40 bits per heavy atom. The zero-order chi connectivity index (χ0) is 3.58. The monoisotopic (exact) mass is 92.1 g/mol. The van der Waals surface area contributed by atoms with Crippen molar-refractivity contribution < 1.29 is 5.48 Å². The lowest BCUT2D eigenvalue weighted by molar-refractivity contribution is 0.824. The average Bonchev–Trinajstić information content (AvgIpc) is 0.811. The van der Waals surface area contributed by atoms with E-state index in [1.54, 1.807) is 0 Å². The molecule has 0 saturated heterocycles. The highest BCUT2D eigenvalue weighted by Crippen LogP contribution is 1.53. The fraction of sp³-hybridized carbons (Fsp3) is 1.00. The van der Waals surface area contributed by atoms with E-state index >= 15 is 0 Å². The smallest absolute Gasteiger partial charge is 0.124 e. The van der Waals surface area contributed by atoms with E-state index in [2.05, 4.69) is 0 Å². The number of hydrogen-bond acceptors (Lipinski definition) is 1. The summed E-state index contributed by atoms with van der Waals surface area (Å²) in [5.41, 5.74) is 0. The summed E-state index contributed by atoms with van der Waals surface area (Å²) in [7, 11) is -0.380. The van der Waals surface area contributed by atoms with E-state index in [0.29, 0.717) is 0 Å². The Hall–Kier alpha value is 0.137. The van der Waals surface area contributed by atoms with Crippen molar-refractivity contribution >= 4 is 8.96 Å². The van der Waals surface area contributed by atoms with Gasteiger partial charge in [0.05, 0.1) is 0 Å². The predicted octanol–water partition coefficient (Wildman–Crippen LogP) is -0.629. The van der Waals surface area contributed by atoms with Crippen molar-refractivity contribution in [2.24, 2.45) is 5.40 Å². The molecule has 0 atom stereocenters. The van der Waals surface area contributed by atoms with E-state index in [1.165, 1.54) is 0 Å². The molecule has 2 nitrogen and oxygen atoms in total. The van der Waals surface area contributed by atoms with Crippen LogP contribution in [0.4, 0.5) is 0 Å². The third kappa shape index (κ3) is 1010. The van der Waals surface area contributed by atoms with Gasteiger partial charge in [-0.3, -0.25) is 0 Å². The minimum Gasteiger partial charge on any atom is -0.412 e. The molecule has 0 unspecified atom stereocenters. The Labute approximate surface area is 34.0 Å². The molecule has 0 aromatic heterocycles. The number of nitrogens with two attached hydrogens (primary N) is 1. The molecule has 0 spiro atoms. The summed E-state index contributed by atoms with van der Waals surface area (Å²) in [4.78, 5) is 0. The molecule has 0 amide bonds. The second-order valence-corrected chi connectivity index (χ2v) is 3.23. The van der Waals surface area contributed by atoms with Gasteiger partial charge >= 0.3 is 0 Å². The number of hydrogen-bond donors (Lipinski definition) is 1. The lowest BCUT2D eigenvalue weighted by Crippen LogP contribution is -2.13. The molecule has 0 aliphatic carbocycles. The Bertz CT molecular complexity index is 14.4. The van der Waals surface area contributed by atoms with E-state index in [-0.39, 0.29) is 14.4 Å². The van der Waals surface area contributed by atoms with Crippen LogP contribution >= 0.6 is 0 Å². The molecule has 1 radical (unpaired) electrons. The third-order valence-electron chi connectivity index (χ3n) is 0. The van der Waals surface area contributed by atoms with Crippen LogP contribution in [0.25, 0.3) is 0 Å². The molecular formula is C2H10NOSi. The van der Waals surface area contributed by atoms with Crippen LogP contribution in [0.2, 0.25) is 13.1 Å². The maximum atomic E-state index is 5.21. The first-order valence-corrected chi connectivity index (χ1v) is 3.87. The van der Waals surface area contributed by atoms with Crippen molar-refractivity contribution in [1.29, 1.82) is 0 Å². The Balaban J connectivity index is 0. The molecule has 4 N–H and O–H groups in total. The second kappa shape index (κ2) is 4.14. The van der Waals surface area contributed by atoms with Gasteiger partial charge in [-0.2, -0.15) is 0 Å². The van der Waals surface area contributed by atoms with Gasteiger partial charge in [0.25, 0.3) is 0 Å². The molecule has 33 valence electrons. The lowest BCUT2D eigenvalue weighted by Gasteiger charge is -1.76. The van der Waals surface area contributed by atoms with Crippen LogP contribution in [-0.2, 0) is 0 Å². The van der Waals surface area contributed by atoms with Crippen LogP contribution in [0.5, 0.6) is 0 Å². The van der Waals surface area contributed by atoms with Gasteiger partial charge in [-0.05, 0) is 0 Å². The van der Waals surface area contributed by atoms with E-state index in [1.807, 2.05) is 13.1 Å². The summed E-state index contributed by atoms with van der Waals surface area (Å²) in [5, 5.41) is 5.21. The molecule has 0 saturated carbocycles. The minimum atomic E-state index is -0.380. The first kappa shape index (κ1) is 8.93. The van der Waals surface area contributed by atoms with E-state index in [4.69, 9.17) is 5.40 Å². The fourth-order valence-electron chi connectivity index (χ4n) is 0.